The van der Waals surface area contributed by atoms with E-state index < -0.39 is 10.0 Å². The van der Waals surface area contributed by atoms with Crippen molar-refractivity contribution in [1.82, 2.24) is 9.29 Å². The predicted molar refractivity (Wildman–Crippen MR) is 67.6 cm³/mol. The molecule has 1 atom stereocenters. The number of hydrogen-bond donors (Lipinski definition) is 1. The molecular weight excluding hydrogens is 258 g/mol. The Labute approximate surface area is 106 Å². The second kappa shape index (κ2) is 4.64. The summed E-state index contributed by atoms with van der Waals surface area (Å²) in [6.45, 7) is 4.52. The summed E-state index contributed by atoms with van der Waals surface area (Å²) >= 11 is 1.24. The minimum Gasteiger partial charge on any atom is -0.329 e. The lowest BCUT2D eigenvalue weighted by Gasteiger charge is -2.22. The minimum atomic E-state index is -3.40. The van der Waals surface area contributed by atoms with Crippen molar-refractivity contribution in [3.05, 3.63) is 10.7 Å². The van der Waals surface area contributed by atoms with Crippen LogP contribution in [0.1, 0.15) is 23.5 Å². The van der Waals surface area contributed by atoms with Gasteiger partial charge < -0.3 is 5.73 Å². The number of aryl methyl sites for hydroxylation is 2. The molecule has 1 aromatic rings. The number of aromatic nitrogens is 1. The number of thiazole rings is 1. The van der Waals surface area contributed by atoms with Crippen LogP contribution in [0.3, 0.4) is 0 Å². The van der Waals surface area contributed by atoms with E-state index in [0.29, 0.717) is 23.0 Å². The highest BCUT2D eigenvalue weighted by atomic mass is 32.2. The average Bonchev–Trinajstić information content (AvgIpc) is 2.84. The van der Waals surface area contributed by atoms with Crippen molar-refractivity contribution in [2.45, 2.75) is 36.9 Å². The molecule has 17 heavy (non-hydrogen) atoms. The van der Waals surface area contributed by atoms with Crippen molar-refractivity contribution in [3.63, 3.8) is 0 Å². The van der Waals surface area contributed by atoms with Gasteiger partial charge in [-0.15, -0.1) is 11.3 Å². The topological polar surface area (TPSA) is 76.3 Å². The predicted octanol–water partition coefficient (Wildman–Crippen LogP) is 0.872. The summed E-state index contributed by atoms with van der Waals surface area (Å²) in [5, 5.41) is 0.782. The Bertz CT molecular complexity index is 510. The fourth-order valence-electron chi connectivity index (χ4n) is 2.22. The third-order valence-electron chi connectivity index (χ3n) is 3.00. The van der Waals surface area contributed by atoms with Crippen molar-refractivity contribution in [3.8, 4) is 0 Å². The first-order chi connectivity index (χ1) is 7.96. The van der Waals surface area contributed by atoms with Gasteiger partial charge in [-0.1, -0.05) is 0 Å². The van der Waals surface area contributed by atoms with Gasteiger partial charge in [0.1, 0.15) is 0 Å². The Morgan fingerprint density at radius 1 is 1.53 bits per heavy atom. The van der Waals surface area contributed by atoms with Crippen molar-refractivity contribution in [1.29, 1.82) is 0 Å². The molecule has 1 aromatic heterocycles. The number of nitrogens with zero attached hydrogens (tertiary/aromatic N) is 2. The van der Waals surface area contributed by atoms with Crippen LogP contribution in [0.25, 0.3) is 0 Å². The van der Waals surface area contributed by atoms with E-state index >= 15 is 0 Å². The van der Waals surface area contributed by atoms with Gasteiger partial charge in [-0.2, -0.15) is 4.31 Å². The molecule has 2 rings (SSSR count). The summed E-state index contributed by atoms with van der Waals surface area (Å²) in [6.07, 6.45) is 1.74. The van der Waals surface area contributed by atoms with Gasteiger partial charge in [-0.25, -0.2) is 13.4 Å². The summed E-state index contributed by atoms with van der Waals surface area (Å²) in [5.41, 5.74) is 6.22. The second-order valence-corrected chi connectivity index (χ2v) is 7.54. The largest absolute Gasteiger partial charge is 0.329 e. The third-order valence-corrected chi connectivity index (χ3v) is 6.61. The maximum absolute atomic E-state index is 12.5. The Morgan fingerprint density at radius 3 is 2.76 bits per heavy atom. The molecule has 1 fully saturated rings. The molecule has 5 nitrogen and oxygen atoms in total. The lowest BCUT2D eigenvalue weighted by Crippen LogP contribution is -2.39. The van der Waals surface area contributed by atoms with Crippen LogP contribution in [0, 0.1) is 13.8 Å². The maximum Gasteiger partial charge on any atom is 0.254 e. The molecule has 1 aliphatic rings. The molecule has 2 N–H and O–H groups in total. The van der Waals surface area contributed by atoms with Crippen LogP contribution in [-0.4, -0.2) is 36.8 Å². The van der Waals surface area contributed by atoms with Crippen molar-refractivity contribution < 1.29 is 8.42 Å². The molecule has 2 heterocycles. The normalized spacial score (nSPS) is 22.2. The van der Waals surface area contributed by atoms with E-state index in [1.54, 1.807) is 6.92 Å². The van der Waals surface area contributed by atoms with Gasteiger partial charge in [-0.05, 0) is 26.7 Å². The molecule has 0 aromatic carbocycles. The zero-order valence-electron chi connectivity index (χ0n) is 10.0. The van der Waals surface area contributed by atoms with Gasteiger partial charge in [0.25, 0.3) is 10.0 Å². The molecule has 96 valence electrons. The average molecular weight is 275 g/mol. The van der Waals surface area contributed by atoms with Crippen molar-refractivity contribution in [2.24, 2.45) is 5.73 Å². The van der Waals surface area contributed by atoms with Crippen LogP contribution in [-0.2, 0) is 10.0 Å². The molecule has 0 saturated carbocycles. The molecule has 7 heteroatoms. The summed E-state index contributed by atoms with van der Waals surface area (Å²) in [5.74, 6) is 0. The van der Waals surface area contributed by atoms with Crippen LogP contribution < -0.4 is 5.73 Å². The van der Waals surface area contributed by atoms with Gasteiger partial charge in [0.05, 0.1) is 10.7 Å². The first kappa shape index (κ1) is 12.9. The van der Waals surface area contributed by atoms with Gasteiger partial charge in [0, 0.05) is 19.1 Å². The van der Waals surface area contributed by atoms with E-state index in [9.17, 15) is 8.42 Å². The standard InChI is InChI=1S/C10H17N3O2S2/c1-7-10(16-8(2)12-7)17(14,15)13-5-3-4-9(13)6-11/h9H,3-6,11H2,1-2H3. The zero-order valence-corrected chi connectivity index (χ0v) is 11.6. The van der Waals surface area contributed by atoms with Crippen LogP contribution in [0.2, 0.25) is 0 Å². The second-order valence-electron chi connectivity index (χ2n) is 4.25. The zero-order chi connectivity index (χ0) is 12.6. The monoisotopic (exact) mass is 275 g/mol. The van der Waals surface area contributed by atoms with Crippen LogP contribution in [0.4, 0.5) is 0 Å². The molecule has 0 aliphatic carbocycles. The number of rotatable bonds is 3. The van der Waals surface area contributed by atoms with E-state index in [2.05, 4.69) is 4.98 Å². The molecule has 0 amide bonds. The fraction of sp³-hybridized carbons (Fsp3) is 0.700. The molecular formula is C10H17N3O2S2. The molecule has 1 aliphatic heterocycles. The lowest BCUT2D eigenvalue weighted by atomic mass is 10.2. The fourth-order valence-corrected chi connectivity index (χ4v) is 5.52. The first-order valence-corrected chi connectivity index (χ1v) is 7.88. The summed E-state index contributed by atoms with van der Waals surface area (Å²) < 4.78 is 26.9. The smallest absolute Gasteiger partial charge is 0.254 e. The Kier molecular flexibility index (Phi) is 3.53. The Hall–Kier alpha value is -0.500. The summed E-state index contributed by atoms with van der Waals surface area (Å²) in [4.78, 5) is 4.18. The van der Waals surface area contributed by atoms with E-state index in [4.69, 9.17) is 5.73 Å². The number of nitrogens with two attached hydrogens (primary N) is 1. The van der Waals surface area contributed by atoms with E-state index in [1.807, 2.05) is 6.92 Å². The molecule has 0 bridgehead atoms. The SMILES string of the molecule is Cc1nc(C)c(S(=O)(=O)N2CCCC2CN)s1. The van der Waals surface area contributed by atoms with Crippen molar-refractivity contribution >= 4 is 21.4 Å². The molecule has 1 unspecified atom stereocenters. The van der Waals surface area contributed by atoms with E-state index in [0.717, 1.165) is 17.8 Å². The van der Waals surface area contributed by atoms with Crippen LogP contribution in [0.15, 0.2) is 4.21 Å². The summed E-state index contributed by atoms with van der Waals surface area (Å²) in [6, 6.07) is -0.0539. The van der Waals surface area contributed by atoms with Crippen molar-refractivity contribution in [2.75, 3.05) is 13.1 Å². The molecule has 1 saturated heterocycles. The van der Waals surface area contributed by atoms with Crippen LogP contribution in [0.5, 0.6) is 0 Å². The van der Waals surface area contributed by atoms with E-state index in [1.165, 1.54) is 15.6 Å². The highest BCUT2D eigenvalue weighted by molar-refractivity contribution is 7.91. The molecule has 0 spiro atoms. The van der Waals surface area contributed by atoms with Gasteiger partial charge in [0.2, 0.25) is 0 Å². The summed E-state index contributed by atoms with van der Waals surface area (Å²) in [7, 11) is -3.40. The Balaban J connectivity index is 2.39. The maximum atomic E-state index is 12.5. The Morgan fingerprint density at radius 2 is 2.24 bits per heavy atom. The van der Waals surface area contributed by atoms with Gasteiger partial charge in [-0.3, -0.25) is 0 Å². The van der Waals surface area contributed by atoms with Crippen LogP contribution >= 0.6 is 11.3 Å². The minimum absolute atomic E-state index is 0.0539. The number of sulfonamides is 1. The first-order valence-electron chi connectivity index (χ1n) is 5.62. The van der Waals surface area contributed by atoms with Gasteiger partial charge in [0.15, 0.2) is 4.21 Å². The van der Waals surface area contributed by atoms with Gasteiger partial charge >= 0.3 is 0 Å². The lowest BCUT2D eigenvalue weighted by molar-refractivity contribution is 0.394. The molecule has 0 radical (unpaired) electrons. The third kappa shape index (κ3) is 2.24. The highest BCUT2D eigenvalue weighted by Gasteiger charge is 2.36. The number of hydrogen-bond acceptors (Lipinski definition) is 5. The quantitative estimate of drug-likeness (QED) is 0.888. The van der Waals surface area contributed by atoms with E-state index in [-0.39, 0.29) is 6.04 Å². The highest BCUT2D eigenvalue weighted by Crippen LogP contribution is 2.30.